The molecule has 0 radical (unpaired) electrons. The molecule has 0 spiro atoms. The van der Waals surface area contributed by atoms with Gasteiger partial charge in [0.05, 0.1) is 23.8 Å². The highest BCUT2D eigenvalue weighted by molar-refractivity contribution is 6.30. The molecule has 1 aromatic heterocycles. The number of rotatable bonds is 2. The van der Waals surface area contributed by atoms with Gasteiger partial charge in [0, 0.05) is 31.9 Å². The van der Waals surface area contributed by atoms with Gasteiger partial charge in [-0.3, -0.25) is 0 Å². The number of carbonyl (C=O) groups is 1. The number of alkyl halides is 2. The van der Waals surface area contributed by atoms with Gasteiger partial charge in [0.1, 0.15) is 5.60 Å². The van der Waals surface area contributed by atoms with E-state index in [2.05, 4.69) is 4.98 Å². The largest absolute Gasteiger partial charge is 0.444 e. The van der Waals surface area contributed by atoms with Crippen molar-refractivity contribution in [3.05, 3.63) is 17.3 Å². The average Bonchev–Trinajstić information content (AvgIpc) is 2.51. The van der Waals surface area contributed by atoms with E-state index in [9.17, 15) is 13.6 Å². The lowest BCUT2D eigenvalue weighted by molar-refractivity contribution is -0.0262. The van der Waals surface area contributed by atoms with Gasteiger partial charge < -0.3 is 19.4 Å². The Hall–Kier alpha value is -1.83. The molecule has 1 amide bonds. The van der Waals surface area contributed by atoms with E-state index in [-0.39, 0.29) is 25.2 Å². The van der Waals surface area contributed by atoms with Crippen molar-refractivity contribution in [1.82, 2.24) is 9.88 Å². The standard InChI is InChI=1S/C18H25ClF2N4O2/c1-12-9-23(16(26)27-17(2,3)4)5-6-25(12)15-14(7-13(19)8-22-15)24-10-18(20,21)11-24/h7-8,12H,5-6,9-11H2,1-4H3/t12-/m0/s1. The van der Waals surface area contributed by atoms with E-state index < -0.39 is 11.5 Å². The van der Waals surface area contributed by atoms with E-state index in [0.29, 0.717) is 36.2 Å². The molecule has 6 nitrogen and oxygen atoms in total. The molecule has 1 atom stereocenters. The first kappa shape index (κ1) is 19.9. The third-order valence-corrected chi connectivity index (χ3v) is 4.76. The van der Waals surface area contributed by atoms with Crippen LogP contribution in [0.25, 0.3) is 0 Å². The molecule has 1 aromatic rings. The maximum absolute atomic E-state index is 13.3. The molecule has 150 valence electrons. The smallest absolute Gasteiger partial charge is 0.410 e. The molecule has 2 aliphatic heterocycles. The molecular weight excluding hydrogens is 378 g/mol. The van der Waals surface area contributed by atoms with Crippen molar-refractivity contribution >= 4 is 29.2 Å². The summed E-state index contributed by atoms with van der Waals surface area (Å²) in [5.41, 5.74) is 0.0523. The van der Waals surface area contributed by atoms with Crippen molar-refractivity contribution in [3.63, 3.8) is 0 Å². The number of pyridine rings is 1. The number of ether oxygens (including phenoxy) is 1. The Labute approximate surface area is 163 Å². The highest BCUT2D eigenvalue weighted by Gasteiger charge is 2.45. The fraction of sp³-hybridized carbons (Fsp3) is 0.667. The summed E-state index contributed by atoms with van der Waals surface area (Å²) < 4.78 is 32.1. The van der Waals surface area contributed by atoms with Crippen molar-refractivity contribution in [2.45, 2.75) is 45.3 Å². The second-order valence-electron chi connectivity index (χ2n) is 8.18. The van der Waals surface area contributed by atoms with Crippen molar-refractivity contribution in [3.8, 4) is 0 Å². The van der Waals surface area contributed by atoms with Crippen LogP contribution in [0.4, 0.5) is 25.1 Å². The molecule has 3 rings (SSSR count). The van der Waals surface area contributed by atoms with Gasteiger partial charge in [-0.15, -0.1) is 0 Å². The Bertz CT molecular complexity index is 718. The van der Waals surface area contributed by atoms with Gasteiger partial charge >= 0.3 is 6.09 Å². The molecule has 0 bridgehead atoms. The van der Waals surface area contributed by atoms with Gasteiger partial charge in [0.25, 0.3) is 5.92 Å². The van der Waals surface area contributed by atoms with E-state index in [1.165, 1.54) is 6.20 Å². The van der Waals surface area contributed by atoms with Crippen LogP contribution in [0.15, 0.2) is 12.3 Å². The van der Waals surface area contributed by atoms with Gasteiger partial charge in [-0.25, -0.2) is 18.6 Å². The third-order valence-electron chi connectivity index (χ3n) is 4.55. The van der Waals surface area contributed by atoms with Crippen LogP contribution in [0.1, 0.15) is 27.7 Å². The van der Waals surface area contributed by atoms with E-state index in [1.807, 2.05) is 32.6 Å². The molecule has 0 aromatic carbocycles. The second-order valence-corrected chi connectivity index (χ2v) is 8.61. The molecule has 9 heteroatoms. The maximum Gasteiger partial charge on any atom is 0.410 e. The van der Waals surface area contributed by atoms with Crippen molar-refractivity contribution in [2.24, 2.45) is 0 Å². The third kappa shape index (κ3) is 4.54. The molecule has 2 saturated heterocycles. The van der Waals surface area contributed by atoms with E-state index in [1.54, 1.807) is 15.9 Å². The molecule has 2 fully saturated rings. The molecule has 3 heterocycles. The summed E-state index contributed by atoms with van der Waals surface area (Å²) in [5.74, 6) is -2.06. The second kappa shape index (κ2) is 6.96. The Kier molecular flexibility index (Phi) is 5.14. The highest BCUT2D eigenvalue weighted by Crippen LogP contribution is 2.39. The van der Waals surface area contributed by atoms with Crippen LogP contribution < -0.4 is 9.80 Å². The Morgan fingerprint density at radius 3 is 2.56 bits per heavy atom. The van der Waals surface area contributed by atoms with E-state index in [0.717, 1.165) is 0 Å². The Morgan fingerprint density at radius 1 is 1.33 bits per heavy atom. The first-order valence-electron chi connectivity index (χ1n) is 8.98. The summed E-state index contributed by atoms with van der Waals surface area (Å²) in [5, 5.41) is 0.406. The summed E-state index contributed by atoms with van der Waals surface area (Å²) in [4.78, 5) is 22.0. The molecule has 0 unspecified atom stereocenters. The lowest BCUT2D eigenvalue weighted by Crippen LogP contribution is -2.58. The van der Waals surface area contributed by atoms with E-state index >= 15 is 0 Å². The van der Waals surface area contributed by atoms with Crippen LogP contribution in [0.3, 0.4) is 0 Å². The zero-order valence-electron chi connectivity index (χ0n) is 16.0. The van der Waals surface area contributed by atoms with Gasteiger partial charge in [0.15, 0.2) is 5.82 Å². The van der Waals surface area contributed by atoms with Crippen LogP contribution in [0.2, 0.25) is 5.02 Å². The monoisotopic (exact) mass is 402 g/mol. The van der Waals surface area contributed by atoms with Gasteiger partial charge in [-0.1, -0.05) is 11.6 Å². The van der Waals surface area contributed by atoms with Crippen LogP contribution >= 0.6 is 11.6 Å². The van der Waals surface area contributed by atoms with Crippen molar-refractivity contribution in [1.29, 1.82) is 0 Å². The first-order chi connectivity index (χ1) is 12.5. The van der Waals surface area contributed by atoms with Crippen molar-refractivity contribution < 1.29 is 18.3 Å². The summed E-state index contributed by atoms with van der Waals surface area (Å²) >= 11 is 6.05. The van der Waals surface area contributed by atoms with Crippen LogP contribution in [0.5, 0.6) is 0 Å². The molecule has 27 heavy (non-hydrogen) atoms. The summed E-state index contributed by atoms with van der Waals surface area (Å²) in [6, 6.07) is 1.63. The van der Waals surface area contributed by atoms with Gasteiger partial charge in [-0.05, 0) is 33.8 Å². The number of halogens is 3. The maximum atomic E-state index is 13.3. The topological polar surface area (TPSA) is 48.9 Å². The zero-order valence-corrected chi connectivity index (χ0v) is 16.8. The number of aromatic nitrogens is 1. The van der Waals surface area contributed by atoms with E-state index in [4.69, 9.17) is 16.3 Å². The normalized spacial score (nSPS) is 22.5. The number of nitrogens with zero attached hydrogens (tertiary/aromatic N) is 4. The van der Waals surface area contributed by atoms with Gasteiger partial charge in [0.2, 0.25) is 0 Å². The summed E-state index contributed by atoms with van der Waals surface area (Å²) in [6.45, 7) is 8.26. The van der Waals surface area contributed by atoms with Crippen molar-refractivity contribution in [2.75, 3.05) is 42.5 Å². The quantitative estimate of drug-likeness (QED) is 0.756. The number of piperazine rings is 1. The van der Waals surface area contributed by atoms with Crippen LogP contribution in [0, 0.1) is 0 Å². The predicted molar refractivity (Wildman–Crippen MR) is 101 cm³/mol. The van der Waals surface area contributed by atoms with Crippen LogP contribution in [-0.4, -0.2) is 66.3 Å². The minimum absolute atomic E-state index is 0.0412. The highest BCUT2D eigenvalue weighted by atomic mass is 35.5. The molecule has 0 saturated carbocycles. The van der Waals surface area contributed by atoms with Gasteiger partial charge in [-0.2, -0.15) is 0 Å². The minimum Gasteiger partial charge on any atom is -0.444 e. The summed E-state index contributed by atoms with van der Waals surface area (Å²) in [7, 11) is 0. The number of carbonyl (C=O) groups excluding carboxylic acids is 1. The first-order valence-corrected chi connectivity index (χ1v) is 9.36. The number of hydrogen-bond acceptors (Lipinski definition) is 5. The predicted octanol–water partition coefficient (Wildman–Crippen LogP) is 3.64. The average molecular weight is 403 g/mol. The summed E-state index contributed by atoms with van der Waals surface area (Å²) in [6.07, 6.45) is 1.17. The van der Waals surface area contributed by atoms with Crippen LogP contribution in [-0.2, 0) is 4.74 Å². The number of amides is 1. The fourth-order valence-corrected chi connectivity index (χ4v) is 3.47. The number of hydrogen-bond donors (Lipinski definition) is 0. The zero-order chi connectivity index (χ0) is 20.0. The number of anilines is 2. The fourth-order valence-electron chi connectivity index (χ4n) is 3.32. The lowest BCUT2D eigenvalue weighted by Gasteiger charge is -2.45. The minimum atomic E-state index is -2.68. The molecular formula is C18H25ClF2N4O2. The SMILES string of the molecule is C[C@H]1CN(C(=O)OC(C)(C)C)CCN1c1ncc(Cl)cc1N1CC(F)(F)C1. The molecule has 0 N–H and O–H groups in total. The molecule has 0 aliphatic carbocycles. The Balaban J connectivity index is 1.74. The Morgan fingerprint density at radius 2 is 2.00 bits per heavy atom. The lowest BCUT2D eigenvalue weighted by atomic mass is 10.1. The molecule has 2 aliphatic rings.